The Labute approximate surface area is 115 Å². The van der Waals surface area contributed by atoms with Gasteiger partial charge in [0.15, 0.2) is 0 Å². The molecular formula is C12H17BrN2OS. The zero-order valence-corrected chi connectivity index (χ0v) is 12.9. The van der Waals surface area contributed by atoms with Crippen LogP contribution in [0.3, 0.4) is 0 Å². The first kappa shape index (κ1) is 14.5. The number of carbonyl (C=O) groups is 1. The van der Waals surface area contributed by atoms with Gasteiger partial charge in [0, 0.05) is 15.4 Å². The van der Waals surface area contributed by atoms with Gasteiger partial charge in [0.2, 0.25) is 5.91 Å². The number of hydrogen-bond donors (Lipinski definition) is 1. The van der Waals surface area contributed by atoms with Crippen LogP contribution in [0.4, 0.5) is 5.82 Å². The molecule has 3 nitrogen and oxygen atoms in total. The van der Waals surface area contributed by atoms with E-state index in [2.05, 4.69) is 47.0 Å². The van der Waals surface area contributed by atoms with Gasteiger partial charge in [-0.1, -0.05) is 20.8 Å². The van der Waals surface area contributed by atoms with Crippen molar-refractivity contribution in [2.75, 3.05) is 11.1 Å². The Hall–Kier alpha value is -0.550. The molecule has 0 saturated heterocycles. The van der Waals surface area contributed by atoms with Gasteiger partial charge in [-0.25, -0.2) is 4.98 Å². The summed E-state index contributed by atoms with van der Waals surface area (Å²) < 4.78 is 1.04. The lowest BCUT2D eigenvalue weighted by atomic mass is 10.3. The summed E-state index contributed by atoms with van der Waals surface area (Å²) in [5, 5.41) is 2.79. The molecule has 0 fully saturated rings. The van der Waals surface area contributed by atoms with Crippen LogP contribution in [0.15, 0.2) is 16.7 Å². The fourth-order valence-electron chi connectivity index (χ4n) is 1.07. The molecule has 0 spiro atoms. The molecule has 0 aliphatic rings. The summed E-state index contributed by atoms with van der Waals surface area (Å²) in [7, 11) is 0. The van der Waals surface area contributed by atoms with E-state index in [9.17, 15) is 4.79 Å². The van der Waals surface area contributed by atoms with Crippen LogP contribution in [-0.4, -0.2) is 21.4 Å². The van der Waals surface area contributed by atoms with E-state index in [1.165, 1.54) is 0 Å². The standard InChI is InChI=1S/C12H17BrN2OS/c1-8-5-10(14-6-9(8)13)15-11(16)7-17-12(2,3)4/h5-6H,7H2,1-4H3,(H,14,15,16). The first-order valence-corrected chi connectivity index (χ1v) is 7.12. The zero-order valence-electron chi connectivity index (χ0n) is 10.5. The Balaban J connectivity index is 2.54. The molecule has 0 atom stereocenters. The molecule has 1 rings (SSSR count). The molecule has 17 heavy (non-hydrogen) atoms. The Morgan fingerprint density at radius 1 is 1.53 bits per heavy atom. The lowest BCUT2D eigenvalue weighted by Crippen LogP contribution is -2.19. The normalized spacial score (nSPS) is 11.4. The van der Waals surface area contributed by atoms with Crippen molar-refractivity contribution in [3.8, 4) is 0 Å². The van der Waals surface area contributed by atoms with Gasteiger partial charge in [-0.15, -0.1) is 11.8 Å². The van der Waals surface area contributed by atoms with Gasteiger partial charge < -0.3 is 5.32 Å². The average Bonchev–Trinajstić information content (AvgIpc) is 2.20. The van der Waals surface area contributed by atoms with Crippen LogP contribution in [0.25, 0.3) is 0 Å². The molecular weight excluding hydrogens is 300 g/mol. The number of aryl methyl sites for hydroxylation is 1. The van der Waals surface area contributed by atoms with Crippen molar-refractivity contribution in [3.05, 3.63) is 22.3 Å². The quantitative estimate of drug-likeness (QED) is 0.926. The number of halogens is 1. The van der Waals surface area contributed by atoms with Crippen LogP contribution in [0, 0.1) is 6.92 Å². The number of rotatable bonds is 3. The van der Waals surface area contributed by atoms with E-state index < -0.39 is 0 Å². The molecule has 1 aromatic heterocycles. The molecule has 94 valence electrons. The highest BCUT2D eigenvalue weighted by atomic mass is 79.9. The van der Waals surface area contributed by atoms with Gasteiger partial charge in [0.1, 0.15) is 5.82 Å². The summed E-state index contributed by atoms with van der Waals surface area (Å²) in [5.74, 6) is 1.03. The minimum atomic E-state index is -0.0147. The molecule has 1 aromatic rings. The zero-order chi connectivity index (χ0) is 13.1. The molecule has 0 radical (unpaired) electrons. The Kier molecular flexibility index (Phi) is 5.01. The predicted octanol–water partition coefficient (Wildman–Crippen LogP) is 3.62. The molecule has 1 N–H and O–H groups in total. The van der Waals surface area contributed by atoms with E-state index >= 15 is 0 Å². The fourth-order valence-corrected chi connectivity index (χ4v) is 1.92. The highest BCUT2D eigenvalue weighted by Crippen LogP contribution is 2.23. The summed E-state index contributed by atoms with van der Waals surface area (Å²) in [4.78, 5) is 15.8. The first-order valence-electron chi connectivity index (χ1n) is 5.34. The molecule has 5 heteroatoms. The molecule has 1 heterocycles. The SMILES string of the molecule is Cc1cc(NC(=O)CSC(C)(C)C)ncc1Br. The second kappa shape index (κ2) is 5.87. The van der Waals surface area contributed by atoms with Crippen molar-refractivity contribution in [1.29, 1.82) is 0 Å². The maximum atomic E-state index is 11.7. The molecule has 0 bridgehead atoms. The van der Waals surface area contributed by atoms with E-state index in [4.69, 9.17) is 0 Å². The van der Waals surface area contributed by atoms with Crippen LogP contribution in [0.2, 0.25) is 0 Å². The van der Waals surface area contributed by atoms with Gasteiger partial charge in [-0.3, -0.25) is 4.79 Å². The third kappa shape index (κ3) is 5.55. The Bertz CT molecular complexity index is 415. The molecule has 0 aromatic carbocycles. The van der Waals surface area contributed by atoms with Crippen LogP contribution >= 0.6 is 27.7 Å². The number of pyridine rings is 1. The van der Waals surface area contributed by atoms with E-state index in [0.29, 0.717) is 11.6 Å². The van der Waals surface area contributed by atoms with Crippen LogP contribution < -0.4 is 5.32 Å². The summed E-state index contributed by atoms with van der Waals surface area (Å²) in [6, 6.07) is 1.85. The van der Waals surface area contributed by atoms with Crippen molar-refractivity contribution >= 4 is 39.4 Å². The predicted molar refractivity (Wildman–Crippen MR) is 77.5 cm³/mol. The second-order valence-electron chi connectivity index (χ2n) is 4.77. The minimum absolute atomic E-state index is 0.0147. The Morgan fingerprint density at radius 2 is 2.18 bits per heavy atom. The summed E-state index contributed by atoms with van der Waals surface area (Å²) in [6.45, 7) is 8.23. The monoisotopic (exact) mass is 316 g/mol. The van der Waals surface area contributed by atoms with Crippen molar-refractivity contribution in [3.63, 3.8) is 0 Å². The number of nitrogens with one attached hydrogen (secondary N) is 1. The largest absolute Gasteiger partial charge is 0.310 e. The maximum absolute atomic E-state index is 11.7. The average molecular weight is 317 g/mol. The van der Waals surface area contributed by atoms with Crippen molar-refractivity contribution in [2.45, 2.75) is 32.4 Å². The number of amides is 1. The van der Waals surface area contributed by atoms with Gasteiger partial charge in [0.05, 0.1) is 5.75 Å². The molecule has 0 aliphatic heterocycles. The number of nitrogens with zero attached hydrogens (tertiary/aromatic N) is 1. The van der Waals surface area contributed by atoms with E-state index in [1.807, 2.05) is 13.0 Å². The summed E-state index contributed by atoms with van der Waals surface area (Å²) in [5.41, 5.74) is 1.05. The number of hydrogen-bond acceptors (Lipinski definition) is 3. The molecule has 0 unspecified atom stereocenters. The van der Waals surface area contributed by atoms with Crippen molar-refractivity contribution in [2.24, 2.45) is 0 Å². The smallest absolute Gasteiger partial charge is 0.235 e. The number of anilines is 1. The van der Waals surface area contributed by atoms with Gasteiger partial charge in [-0.05, 0) is 34.5 Å². The van der Waals surface area contributed by atoms with Gasteiger partial charge >= 0.3 is 0 Å². The molecule has 1 amide bonds. The lowest BCUT2D eigenvalue weighted by molar-refractivity contribution is -0.113. The second-order valence-corrected chi connectivity index (χ2v) is 7.42. The first-order chi connectivity index (χ1) is 7.78. The lowest BCUT2D eigenvalue weighted by Gasteiger charge is -2.16. The van der Waals surface area contributed by atoms with Crippen LogP contribution in [0.5, 0.6) is 0 Å². The summed E-state index contributed by atoms with van der Waals surface area (Å²) in [6.07, 6.45) is 1.70. The number of aromatic nitrogens is 1. The Morgan fingerprint density at radius 3 is 2.71 bits per heavy atom. The van der Waals surface area contributed by atoms with Crippen molar-refractivity contribution < 1.29 is 4.79 Å². The third-order valence-corrected chi connectivity index (χ3v) is 4.05. The van der Waals surface area contributed by atoms with E-state index in [-0.39, 0.29) is 10.7 Å². The maximum Gasteiger partial charge on any atom is 0.235 e. The van der Waals surface area contributed by atoms with Crippen LogP contribution in [-0.2, 0) is 4.79 Å². The molecule has 0 aliphatic carbocycles. The highest BCUT2D eigenvalue weighted by Gasteiger charge is 2.13. The summed E-state index contributed by atoms with van der Waals surface area (Å²) >= 11 is 4.99. The van der Waals surface area contributed by atoms with E-state index in [1.54, 1.807) is 18.0 Å². The number of carbonyl (C=O) groups excluding carboxylic acids is 1. The third-order valence-electron chi connectivity index (χ3n) is 1.95. The van der Waals surface area contributed by atoms with Crippen molar-refractivity contribution in [1.82, 2.24) is 4.98 Å². The van der Waals surface area contributed by atoms with Gasteiger partial charge in [-0.2, -0.15) is 0 Å². The van der Waals surface area contributed by atoms with Crippen LogP contribution in [0.1, 0.15) is 26.3 Å². The topological polar surface area (TPSA) is 42.0 Å². The molecule has 0 saturated carbocycles. The minimum Gasteiger partial charge on any atom is -0.310 e. The fraction of sp³-hybridized carbons (Fsp3) is 0.500. The highest BCUT2D eigenvalue weighted by molar-refractivity contribution is 9.10. The van der Waals surface area contributed by atoms with E-state index in [0.717, 1.165) is 10.0 Å². The number of thioether (sulfide) groups is 1. The van der Waals surface area contributed by atoms with Gasteiger partial charge in [0.25, 0.3) is 0 Å².